The van der Waals surface area contributed by atoms with Gasteiger partial charge in [-0.25, -0.2) is 4.79 Å². The summed E-state index contributed by atoms with van der Waals surface area (Å²) in [5.74, 6) is 0. The molecule has 5 heteroatoms. The van der Waals surface area contributed by atoms with E-state index in [1.807, 2.05) is 35.2 Å². The van der Waals surface area contributed by atoms with E-state index in [9.17, 15) is 4.79 Å². The fraction of sp³-hybridized carbons (Fsp3) is 0.286. The highest BCUT2D eigenvalue weighted by molar-refractivity contribution is 6.31. The van der Waals surface area contributed by atoms with Gasteiger partial charge in [0.05, 0.1) is 6.04 Å². The van der Waals surface area contributed by atoms with E-state index >= 15 is 0 Å². The number of hydrogen-bond acceptors (Lipinski definition) is 1. The molecule has 1 aliphatic rings. The molecule has 3 aromatic rings. The zero-order valence-electron chi connectivity index (χ0n) is 14.8. The third-order valence-electron chi connectivity index (χ3n) is 5.19. The number of rotatable bonds is 3. The molecule has 0 saturated carbocycles. The van der Waals surface area contributed by atoms with Gasteiger partial charge in [0.25, 0.3) is 0 Å². The van der Waals surface area contributed by atoms with Crippen molar-refractivity contribution in [2.24, 2.45) is 0 Å². The van der Waals surface area contributed by atoms with E-state index in [1.165, 1.54) is 16.6 Å². The van der Waals surface area contributed by atoms with Crippen molar-refractivity contribution in [2.75, 3.05) is 6.54 Å². The summed E-state index contributed by atoms with van der Waals surface area (Å²) in [5, 5.41) is 4.98. The van der Waals surface area contributed by atoms with Crippen LogP contribution in [0.2, 0.25) is 5.02 Å². The van der Waals surface area contributed by atoms with Gasteiger partial charge in [-0.1, -0.05) is 54.9 Å². The van der Waals surface area contributed by atoms with Gasteiger partial charge in [-0.15, -0.1) is 0 Å². The molecule has 4 rings (SSSR count). The molecule has 2 heterocycles. The van der Waals surface area contributed by atoms with E-state index in [4.69, 9.17) is 11.6 Å². The first-order valence-electron chi connectivity index (χ1n) is 9.06. The predicted octanol–water partition coefficient (Wildman–Crippen LogP) is 5.04. The van der Waals surface area contributed by atoms with Crippen LogP contribution in [0.3, 0.4) is 0 Å². The van der Waals surface area contributed by atoms with E-state index in [1.54, 1.807) is 0 Å². The largest absolute Gasteiger partial charge is 0.356 e. The smallest absolute Gasteiger partial charge is 0.318 e. The van der Waals surface area contributed by atoms with Crippen molar-refractivity contribution in [2.45, 2.75) is 32.4 Å². The average molecular weight is 368 g/mol. The van der Waals surface area contributed by atoms with Crippen molar-refractivity contribution in [3.63, 3.8) is 0 Å². The maximum atomic E-state index is 12.8. The molecule has 1 aliphatic heterocycles. The Morgan fingerprint density at radius 1 is 1.23 bits per heavy atom. The maximum Gasteiger partial charge on any atom is 0.318 e. The Bertz CT molecular complexity index is 949. The fourth-order valence-corrected chi connectivity index (χ4v) is 4.10. The monoisotopic (exact) mass is 367 g/mol. The Morgan fingerprint density at radius 2 is 2.00 bits per heavy atom. The Labute approximate surface area is 158 Å². The van der Waals surface area contributed by atoms with Crippen LogP contribution >= 0.6 is 11.6 Å². The number of fused-ring (bicyclic) bond motifs is 3. The number of benzene rings is 2. The molecule has 4 nitrogen and oxygen atoms in total. The van der Waals surface area contributed by atoms with Crippen LogP contribution in [-0.2, 0) is 13.0 Å². The number of halogens is 1. The number of urea groups is 1. The van der Waals surface area contributed by atoms with Crippen LogP contribution in [0.25, 0.3) is 10.9 Å². The van der Waals surface area contributed by atoms with E-state index in [2.05, 4.69) is 35.4 Å². The van der Waals surface area contributed by atoms with Gasteiger partial charge in [0, 0.05) is 34.7 Å². The van der Waals surface area contributed by atoms with Crippen LogP contribution in [-0.4, -0.2) is 22.5 Å². The molecule has 2 N–H and O–H groups in total. The fourth-order valence-electron chi connectivity index (χ4n) is 3.90. The van der Waals surface area contributed by atoms with Crippen molar-refractivity contribution in [3.05, 3.63) is 70.4 Å². The first kappa shape index (κ1) is 17.0. The van der Waals surface area contributed by atoms with Crippen molar-refractivity contribution >= 4 is 28.5 Å². The van der Waals surface area contributed by atoms with Crippen molar-refractivity contribution in [3.8, 4) is 0 Å². The molecule has 0 spiro atoms. The van der Waals surface area contributed by atoms with Gasteiger partial charge in [0.2, 0.25) is 0 Å². The van der Waals surface area contributed by atoms with Crippen LogP contribution < -0.4 is 5.32 Å². The zero-order valence-corrected chi connectivity index (χ0v) is 15.5. The number of aromatic amines is 1. The molecular weight excluding hydrogens is 346 g/mol. The molecule has 0 fully saturated rings. The number of amides is 2. The Morgan fingerprint density at radius 3 is 2.81 bits per heavy atom. The van der Waals surface area contributed by atoms with Crippen molar-refractivity contribution in [1.82, 2.24) is 15.2 Å². The summed E-state index contributed by atoms with van der Waals surface area (Å²) >= 11 is 6.19. The van der Waals surface area contributed by atoms with Gasteiger partial charge in [0.1, 0.15) is 0 Å². The van der Waals surface area contributed by atoms with Gasteiger partial charge in [-0.2, -0.15) is 0 Å². The topological polar surface area (TPSA) is 48.1 Å². The van der Waals surface area contributed by atoms with Crippen LogP contribution in [0.1, 0.15) is 36.2 Å². The van der Waals surface area contributed by atoms with Gasteiger partial charge < -0.3 is 15.2 Å². The number of aromatic nitrogens is 1. The second-order valence-electron chi connectivity index (χ2n) is 6.68. The third-order valence-corrected chi connectivity index (χ3v) is 5.56. The molecular formula is C21H22ClN3O. The van der Waals surface area contributed by atoms with Crippen molar-refractivity contribution in [1.29, 1.82) is 0 Å². The van der Waals surface area contributed by atoms with Crippen LogP contribution in [0.4, 0.5) is 4.79 Å². The summed E-state index contributed by atoms with van der Waals surface area (Å²) in [6, 6.07) is 16.0. The number of nitrogens with zero attached hydrogens (tertiary/aromatic N) is 1. The molecule has 0 radical (unpaired) electrons. The van der Waals surface area contributed by atoms with Gasteiger partial charge in [-0.05, 0) is 36.1 Å². The standard InChI is InChI=1S/C21H22ClN3O/c1-2-19-20-16(15-8-4-6-10-18(15)24-20)11-12-25(19)21(26)23-13-14-7-3-5-9-17(14)22/h3-10,19,24H,2,11-13H2,1H3,(H,23,26). The highest BCUT2D eigenvalue weighted by Gasteiger charge is 2.32. The second kappa shape index (κ2) is 7.04. The van der Waals surface area contributed by atoms with Crippen molar-refractivity contribution < 1.29 is 4.79 Å². The lowest BCUT2D eigenvalue weighted by Crippen LogP contribution is -2.45. The summed E-state index contributed by atoms with van der Waals surface area (Å²) in [6.07, 6.45) is 1.74. The average Bonchev–Trinajstić information content (AvgIpc) is 3.05. The van der Waals surface area contributed by atoms with Crippen LogP contribution in [0.15, 0.2) is 48.5 Å². The lowest BCUT2D eigenvalue weighted by Gasteiger charge is -2.35. The summed E-state index contributed by atoms with van der Waals surface area (Å²) in [5.41, 5.74) is 4.60. The highest BCUT2D eigenvalue weighted by Crippen LogP contribution is 2.36. The Balaban J connectivity index is 1.55. The quantitative estimate of drug-likeness (QED) is 0.669. The number of carbonyl (C=O) groups is 1. The number of hydrogen-bond donors (Lipinski definition) is 2. The minimum Gasteiger partial charge on any atom is -0.356 e. The molecule has 26 heavy (non-hydrogen) atoms. The predicted molar refractivity (Wildman–Crippen MR) is 105 cm³/mol. The molecule has 0 saturated heterocycles. The lowest BCUT2D eigenvalue weighted by atomic mass is 9.96. The molecule has 2 aromatic carbocycles. The maximum absolute atomic E-state index is 12.8. The third kappa shape index (κ3) is 2.95. The number of H-pyrrole nitrogens is 1. The molecule has 1 unspecified atom stereocenters. The van der Waals surface area contributed by atoms with E-state index in [0.29, 0.717) is 11.6 Å². The molecule has 2 amide bonds. The molecule has 1 atom stereocenters. The molecule has 1 aromatic heterocycles. The van der Waals surface area contributed by atoms with Crippen LogP contribution in [0, 0.1) is 0 Å². The van der Waals surface area contributed by atoms with Gasteiger partial charge >= 0.3 is 6.03 Å². The SMILES string of the molecule is CCC1c2[nH]c3ccccc3c2CCN1C(=O)NCc1ccccc1Cl. The molecule has 0 aliphatic carbocycles. The molecule has 0 bridgehead atoms. The van der Waals surface area contributed by atoms with E-state index in [0.717, 1.165) is 30.5 Å². The number of nitrogens with one attached hydrogen (secondary N) is 2. The van der Waals surface area contributed by atoms with Gasteiger partial charge in [0.15, 0.2) is 0 Å². The Kier molecular flexibility index (Phi) is 4.60. The molecule has 134 valence electrons. The van der Waals surface area contributed by atoms with E-state index in [-0.39, 0.29) is 12.1 Å². The minimum absolute atomic E-state index is 0.0407. The first-order valence-corrected chi connectivity index (χ1v) is 9.44. The second-order valence-corrected chi connectivity index (χ2v) is 7.09. The summed E-state index contributed by atoms with van der Waals surface area (Å²) in [4.78, 5) is 18.3. The highest BCUT2D eigenvalue weighted by atomic mass is 35.5. The van der Waals surface area contributed by atoms with Crippen LogP contribution in [0.5, 0.6) is 0 Å². The van der Waals surface area contributed by atoms with E-state index < -0.39 is 0 Å². The normalized spacial score (nSPS) is 16.5. The van der Waals surface area contributed by atoms with Gasteiger partial charge in [-0.3, -0.25) is 0 Å². The number of carbonyl (C=O) groups excluding carboxylic acids is 1. The minimum atomic E-state index is -0.0407. The summed E-state index contributed by atoms with van der Waals surface area (Å²) in [6.45, 7) is 3.28. The lowest BCUT2D eigenvalue weighted by molar-refractivity contribution is 0.165. The Hall–Kier alpha value is -2.46. The number of para-hydroxylation sites is 1. The summed E-state index contributed by atoms with van der Waals surface area (Å²) in [7, 11) is 0. The zero-order chi connectivity index (χ0) is 18.1. The summed E-state index contributed by atoms with van der Waals surface area (Å²) < 4.78 is 0. The first-order chi connectivity index (χ1) is 12.7.